The fraction of sp³-hybridized carbons (Fsp3) is 0.333. The SMILES string of the molecule is CO.O=C=C=O. The number of hydrogen-bond acceptors (Lipinski definition) is 3. The molecular weight excluding hydrogens is 84.0 g/mol. The topological polar surface area (TPSA) is 54.4 Å². The van der Waals surface area contributed by atoms with E-state index in [1.165, 1.54) is 0 Å². The summed E-state index contributed by atoms with van der Waals surface area (Å²) in [5, 5.41) is 7.00. The van der Waals surface area contributed by atoms with Crippen LogP contribution in [0.2, 0.25) is 0 Å². The van der Waals surface area contributed by atoms with E-state index >= 15 is 0 Å². The molecule has 0 aliphatic heterocycles. The van der Waals surface area contributed by atoms with Gasteiger partial charge in [-0.3, -0.25) is 0 Å². The Morgan fingerprint density at radius 3 is 1.33 bits per heavy atom. The van der Waals surface area contributed by atoms with Gasteiger partial charge in [-0.25, -0.2) is 9.59 Å². The lowest BCUT2D eigenvalue weighted by molar-refractivity contribution is 0.399. The fourth-order valence-electron chi connectivity index (χ4n) is 0. The molecule has 0 amide bonds. The Bertz CT molecular complexity index is 56.1. The van der Waals surface area contributed by atoms with Crippen molar-refractivity contribution in [1.29, 1.82) is 0 Å². The number of carbonyl (C=O) groups excluding carboxylic acids is 2. The lowest BCUT2D eigenvalue weighted by Gasteiger charge is -1.21. The van der Waals surface area contributed by atoms with Gasteiger partial charge in [-0.15, -0.1) is 0 Å². The van der Waals surface area contributed by atoms with Crippen molar-refractivity contribution in [2.45, 2.75) is 0 Å². The summed E-state index contributed by atoms with van der Waals surface area (Å²) in [7, 11) is 1.00. The summed E-state index contributed by atoms with van der Waals surface area (Å²) in [4.78, 5) is 17.2. The van der Waals surface area contributed by atoms with Crippen molar-refractivity contribution in [3.63, 3.8) is 0 Å². The minimum Gasteiger partial charge on any atom is -0.400 e. The fourth-order valence-corrected chi connectivity index (χ4v) is 0. The normalized spacial score (nSPS) is 3.00. The minimum absolute atomic E-state index is 0.875. The zero-order valence-electron chi connectivity index (χ0n) is 3.26. The molecule has 6 heavy (non-hydrogen) atoms. The molecule has 0 unspecified atom stereocenters. The highest BCUT2D eigenvalue weighted by Gasteiger charge is 1.27. The lowest BCUT2D eigenvalue weighted by atomic mass is 11.2. The van der Waals surface area contributed by atoms with Crippen molar-refractivity contribution in [3.8, 4) is 0 Å². The maximum Gasteiger partial charge on any atom is 0.221 e. The highest BCUT2D eigenvalue weighted by Crippen LogP contribution is 0.915. The van der Waals surface area contributed by atoms with E-state index in [9.17, 15) is 0 Å². The van der Waals surface area contributed by atoms with Gasteiger partial charge in [-0.2, -0.15) is 0 Å². The second-order valence-electron chi connectivity index (χ2n) is 0.204. The molecule has 3 heteroatoms. The smallest absolute Gasteiger partial charge is 0.221 e. The van der Waals surface area contributed by atoms with Gasteiger partial charge in [0.15, 0.2) is 0 Å². The Balaban J connectivity index is 0. The first-order chi connectivity index (χ1) is 2.91. The highest BCUT2D eigenvalue weighted by molar-refractivity contribution is 5.81. The predicted octanol–water partition coefficient (Wildman–Crippen LogP) is -1.19. The number of rotatable bonds is 0. The minimum atomic E-state index is 0.875. The molecule has 0 aromatic rings. The van der Waals surface area contributed by atoms with E-state index in [-0.39, 0.29) is 0 Å². The van der Waals surface area contributed by atoms with E-state index in [0.29, 0.717) is 0 Å². The molecule has 0 saturated carbocycles. The van der Waals surface area contributed by atoms with Crippen molar-refractivity contribution >= 4 is 11.9 Å². The average Bonchev–Trinajstić information content (AvgIpc) is 1.72. The first-order valence-corrected chi connectivity index (χ1v) is 1.11. The van der Waals surface area contributed by atoms with E-state index < -0.39 is 0 Å². The summed E-state index contributed by atoms with van der Waals surface area (Å²) in [5.41, 5.74) is 0. The standard InChI is InChI=1S/C2O2.CH4O/c3-1-2-4;1-2/h;2H,1H3. The van der Waals surface area contributed by atoms with Gasteiger partial charge in [-0.05, 0) is 0 Å². The maximum atomic E-state index is 8.62. The molecule has 0 spiro atoms. The van der Waals surface area contributed by atoms with E-state index in [4.69, 9.17) is 14.7 Å². The Morgan fingerprint density at radius 1 is 1.17 bits per heavy atom. The lowest BCUT2D eigenvalue weighted by Crippen LogP contribution is -1.38. The molecular formula is C3H4O3. The third-order valence-electron chi connectivity index (χ3n) is 0.0417. The molecule has 0 atom stereocenters. The van der Waals surface area contributed by atoms with E-state index in [1.807, 2.05) is 0 Å². The molecule has 0 aliphatic carbocycles. The Hall–Kier alpha value is -0.880. The first-order valence-electron chi connectivity index (χ1n) is 1.11. The van der Waals surface area contributed by atoms with Gasteiger partial charge in [0.05, 0.1) is 0 Å². The van der Waals surface area contributed by atoms with E-state index in [0.717, 1.165) is 19.0 Å². The molecule has 1 N–H and O–H groups in total. The summed E-state index contributed by atoms with van der Waals surface area (Å²) in [5.74, 6) is 1.75. The van der Waals surface area contributed by atoms with Gasteiger partial charge in [0.1, 0.15) is 0 Å². The summed E-state index contributed by atoms with van der Waals surface area (Å²) in [6.45, 7) is 0. The molecule has 0 bridgehead atoms. The molecule has 34 valence electrons. The zero-order chi connectivity index (χ0) is 5.41. The van der Waals surface area contributed by atoms with Crippen LogP contribution in [0.15, 0.2) is 0 Å². The van der Waals surface area contributed by atoms with Crippen molar-refractivity contribution in [3.05, 3.63) is 0 Å². The van der Waals surface area contributed by atoms with Crippen molar-refractivity contribution in [2.24, 2.45) is 0 Å². The zero-order valence-corrected chi connectivity index (χ0v) is 3.26. The van der Waals surface area contributed by atoms with Crippen LogP contribution in [0, 0.1) is 0 Å². The number of aliphatic hydroxyl groups excluding tert-OH is 1. The third-order valence-corrected chi connectivity index (χ3v) is 0.0417. The van der Waals surface area contributed by atoms with Gasteiger partial charge in [0.2, 0.25) is 11.9 Å². The molecule has 0 radical (unpaired) electrons. The van der Waals surface area contributed by atoms with Crippen LogP contribution in [0.3, 0.4) is 0 Å². The van der Waals surface area contributed by atoms with Crippen LogP contribution < -0.4 is 0 Å². The van der Waals surface area contributed by atoms with Crippen LogP contribution in [-0.2, 0) is 9.59 Å². The Kier molecular flexibility index (Phi) is 47.6. The monoisotopic (exact) mass is 88.0 g/mol. The van der Waals surface area contributed by atoms with Crippen LogP contribution >= 0.6 is 0 Å². The van der Waals surface area contributed by atoms with Crippen molar-refractivity contribution in [2.75, 3.05) is 7.11 Å². The molecule has 0 saturated heterocycles. The molecule has 0 aromatic carbocycles. The van der Waals surface area contributed by atoms with Gasteiger partial charge < -0.3 is 5.11 Å². The van der Waals surface area contributed by atoms with Gasteiger partial charge >= 0.3 is 0 Å². The third kappa shape index (κ3) is 974. The molecule has 0 rings (SSSR count). The Labute approximate surface area is 34.9 Å². The number of hydrogen-bond donors (Lipinski definition) is 1. The molecule has 0 aliphatic rings. The number of aliphatic hydroxyl groups is 1. The predicted molar refractivity (Wildman–Crippen MR) is 19.5 cm³/mol. The summed E-state index contributed by atoms with van der Waals surface area (Å²) in [6.07, 6.45) is 0. The summed E-state index contributed by atoms with van der Waals surface area (Å²) >= 11 is 0. The van der Waals surface area contributed by atoms with Crippen molar-refractivity contribution in [1.82, 2.24) is 0 Å². The average molecular weight is 88.1 g/mol. The maximum absolute atomic E-state index is 8.62. The van der Waals surface area contributed by atoms with Crippen LogP contribution in [0.5, 0.6) is 0 Å². The van der Waals surface area contributed by atoms with E-state index in [2.05, 4.69) is 0 Å². The van der Waals surface area contributed by atoms with Gasteiger partial charge in [-0.1, -0.05) is 0 Å². The molecule has 3 nitrogen and oxygen atoms in total. The quantitative estimate of drug-likeness (QED) is 0.379. The van der Waals surface area contributed by atoms with Crippen molar-refractivity contribution < 1.29 is 14.7 Å². The van der Waals surface area contributed by atoms with Gasteiger partial charge in [0, 0.05) is 7.11 Å². The molecule has 0 aromatic heterocycles. The summed E-state index contributed by atoms with van der Waals surface area (Å²) < 4.78 is 0. The summed E-state index contributed by atoms with van der Waals surface area (Å²) in [6, 6.07) is 0. The van der Waals surface area contributed by atoms with E-state index in [1.54, 1.807) is 0 Å². The second-order valence-corrected chi connectivity index (χ2v) is 0.204. The van der Waals surface area contributed by atoms with Crippen LogP contribution in [0.4, 0.5) is 0 Å². The van der Waals surface area contributed by atoms with Crippen LogP contribution in [0.25, 0.3) is 0 Å². The highest BCUT2D eigenvalue weighted by atomic mass is 16.2. The first kappa shape index (κ1) is 8.93. The Morgan fingerprint density at radius 2 is 1.33 bits per heavy atom. The second kappa shape index (κ2) is 32.0. The van der Waals surface area contributed by atoms with Crippen LogP contribution in [0.1, 0.15) is 0 Å². The molecule has 0 fully saturated rings. The molecule has 0 heterocycles. The van der Waals surface area contributed by atoms with Gasteiger partial charge in [0.25, 0.3) is 0 Å². The largest absolute Gasteiger partial charge is 0.400 e. The van der Waals surface area contributed by atoms with Crippen LogP contribution in [-0.4, -0.2) is 24.1 Å².